The summed E-state index contributed by atoms with van der Waals surface area (Å²) in [5.74, 6) is 1.06. The average Bonchev–Trinajstić information content (AvgIpc) is 2.26. The van der Waals surface area contributed by atoms with Crippen molar-refractivity contribution in [1.29, 1.82) is 0 Å². The number of nitrogens with two attached hydrogens (primary N) is 1. The Morgan fingerprint density at radius 1 is 1.28 bits per heavy atom. The van der Waals surface area contributed by atoms with E-state index >= 15 is 0 Å². The molecule has 0 bridgehead atoms. The standard InChI is InChI=1S/C13H21NO2S2/c1-11-5-7-13(8-6-11)17-10-12(14)4-3-9-18(2,15)16/h5-8,12H,3-4,9-10,14H2,1-2H3. The molecule has 5 heteroatoms. The lowest BCUT2D eigenvalue weighted by molar-refractivity contribution is 0.591. The first-order valence-electron chi connectivity index (χ1n) is 5.99. The highest BCUT2D eigenvalue weighted by molar-refractivity contribution is 7.99. The predicted octanol–water partition coefficient (Wildman–Crippen LogP) is 2.24. The van der Waals surface area contributed by atoms with E-state index in [1.165, 1.54) is 16.7 Å². The van der Waals surface area contributed by atoms with Crippen molar-refractivity contribution in [3.8, 4) is 0 Å². The van der Waals surface area contributed by atoms with Crippen molar-refractivity contribution in [2.75, 3.05) is 17.8 Å². The van der Waals surface area contributed by atoms with Gasteiger partial charge in [-0.1, -0.05) is 17.7 Å². The molecule has 18 heavy (non-hydrogen) atoms. The zero-order chi connectivity index (χ0) is 13.6. The van der Waals surface area contributed by atoms with Gasteiger partial charge in [-0.3, -0.25) is 0 Å². The van der Waals surface area contributed by atoms with E-state index in [1.54, 1.807) is 11.8 Å². The Bertz CT molecular complexity index is 454. The Labute approximate surface area is 114 Å². The molecule has 0 amide bonds. The van der Waals surface area contributed by atoms with E-state index in [0.717, 1.165) is 12.2 Å². The third-order valence-corrected chi connectivity index (χ3v) is 4.81. The highest BCUT2D eigenvalue weighted by atomic mass is 32.2. The maximum atomic E-state index is 11.0. The van der Waals surface area contributed by atoms with Gasteiger partial charge >= 0.3 is 0 Å². The Balaban J connectivity index is 2.24. The predicted molar refractivity (Wildman–Crippen MR) is 78.8 cm³/mol. The summed E-state index contributed by atoms with van der Waals surface area (Å²) in [4.78, 5) is 1.21. The van der Waals surface area contributed by atoms with Crippen molar-refractivity contribution in [1.82, 2.24) is 0 Å². The highest BCUT2D eigenvalue weighted by Gasteiger charge is 2.07. The van der Waals surface area contributed by atoms with Crippen LogP contribution in [-0.2, 0) is 9.84 Å². The largest absolute Gasteiger partial charge is 0.327 e. The molecular formula is C13H21NO2S2. The Kier molecular flexibility index (Phi) is 6.18. The number of hydrogen-bond acceptors (Lipinski definition) is 4. The van der Waals surface area contributed by atoms with Gasteiger partial charge in [0.15, 0.2) is 0 Å². The Morgan fingerprint density at radius 2 is 1.89 bits per heavy atom. The van der Waals surface area contributed by atoms with E-state index in [-0.39, 0.29) is 11.8 Å². The summed E-state index contributed by atoms with van der Waals surface area (Å²) >= 11 is 1.72. The van der Waals surface area contributed by atoms with E-state index in [2.05, 4.69) is 31.2 Å². The van der Waals surface area contributed by atoms with Crippen molar-refractivity contribution in [2.45, 2.75) is 30.7 Å². The molecule has 0 aliphatic heterocycles. The third kappa shape index (κ3) is 7.03. The van der Waals surface area contributed by atoms with E-state index < -0.39 is 9.84 Å². The molecule has 2 N–H and O–H groups in total. The number of rotatable bonds is 7. The van der Waals surface area contributed by atoms with E-state index in [1.807, 2.05) is 0 Å². The van der Waals surface area contributed by atoms with Crippen LogP contribution in [0.25, 0.3) is 0 Å². The van der Waals surface area contributed by atoms with Crippen LogP contribution in [0.3, 0.4) is 0 Å². The van der Waals surface area contributed by atoms with Crippen LogP contribution in [0.4, 0.5) is 0 Å². The molecule has 0 aliphatic rings. The summed E-state index contributed by atoms with van der Waals surface area (Å²) in [7, 11) is -2.85. The molecule has 0 saturated heterocycles. The number of hydrogen-bond donors (Lipinski definition) is 1. The molecule has 1 rings (SSSR count). The maximum Gasteiger partial charge on any atom is 0.147 e. The van der Waals surface area contributed by atoms with Gasteiger partial charge in [-0.05, 0) is 31.9 Å². The molecule has 1 atom stereocenters. The second kappa shape index (κ2) is 7.16. The van der Waals surface area contributed by atoms with E-state index in [9.17, 15) is 8.42 Å². The van der Waals surface area contributed by atoms with Gasteiger partial charge in [0.1, 0.15) is 9.84 Å². The maximum absolute atomic E-state index is 11.0. The first-order valence-corrected chi connectivity index (χ1v) is 9.04. The van der Waals surface area contributed by atoms with E-state index in [4.69, 9.17) is 5.73 Å². The van der Waals surface area contributed by atoms with Crippen molar-refractivity contribution >= 4 is 21.6 Å². The van der Waals surface area contributed by atoms with Crippen LogP contribution >= 0.6 is 11.8 Å². The third-order valence-electron chi connectivity index (χ3n) is 2.58. The number of aryl methyl sites for hydroxylation is 1. The Morgan fingerprint density at radius 3 is 2.44 bits per heavy atom. The summed E-state index contributed by atoms with van der Waals surface area (Å²) in [5.41, 5.74) is 7.21. The molecule has 0 saturated carbocycles. The lowest BCUT2D eigenvalue weighted by Gasteiger charge is -2.10. The summed E-state index contributed by atoms with van der Waals surface area (Å²) in [5, 5.41) is 0. The lowest BCUT2D eigenvalue weighted by Crippen LogP contribution is -2.23. The summed E-state index contributed by atoms with van der Waals surface area (Å²) in [6.07, 6.45) is 2.67. The second-order valence-corrected chi connectivity index (χ2v) is 8.01. The minimum atomic E-state index is -2.85. The fraction of sp³-hybridized carbons (Fsp3) is 0.538. The van der Waals surface area contributed by atoms with Gasteiger partial charge in [-0.2, -0.15) is 0 Å². The van der Waals surface area contributed by atoms with Gasteiger partial charge in [-0.15, -0.1) is 11.8 Å². The minimum Gasteiger partial charge on any atom is -0.327 e. The molecule has 0 heterocycles. The molecule has 0 aromatic heterocycles. The molecule has 1 aromatic rings. The molecule has 0 aliphatic carbocycles. The lowest BCUT2D eigenvalue weighted by atomic mass is 10.2. The van der Waals surface area contributed by atoms with Crippen molar-refractivity contribution in [3.63, 3.8) is 0 Å². The first kappa shape index (κ1) is 15.5. The SMILES string of the molecule is Cc1ccc(SCC(N)CCCS(C)(=O)=O)cc1. The van der Waals surface area contributed by atoms with Crippen molar-refractivity contribution in [3.05, 3.63) is 29.8 Å². The van der Waals surface area contributed by atoms with Crippen LogP contribution in [0.5, 0.6) is 0 Å². The van der Waals surface area contributed by atoms with Gasteiger partial charge in [0.25, 0.3) is 0 Å². The number of thioether (sulfide) groups is 1. The molecule has 1 unspecified atom stereocenters. The van der Waals surface area contributed by atoms with Gasteiger partial charge in [0.2, 0.25) is 0 Å². The van der Waals surface area contributed by atoms with Gasteiger partial charge in [-0.25, -0.2) is 8.42 Å². The molecule has 3 nitrogen and oxygen atoms in total. The molecule has 0 radical (unpaired) electrons. The fourth-order valence-electron chi connectivity index (χ4n) is 1.53. The van der Waals surface area contributed by atoms with Crippen LogP contribution in [0.1, 0.15) is 18.4 Å². The van der Waals surface area contributed by atoms with E-state index in [0.29, 0.717) is 6.42 Å². The second-order valence-electron chi connectivity index (χ2n) is 4.66. The van der Waals surface area contributed by atoms with Gasteiger partial charge < -0.3 is 5.73 Å². The zero-order valence-electron chi connectivity index (χ0n) is 10.9. The van der Waals surface area contributed by atoms with Crippen molar-refractivity contribution in [2.24, 2.45) is 5.73 Å². The molecular weight excluding hydrogens is 266 g/mol. The van der Waals surface area contributed by atoms with Crippen LogP contribution in [-0.4, -0.2) is 32.2 Å². The fourth-order valence-corrected chi connectivity index (χ4v) is 3.12. The van der Waals surface area contributed by atoms with Gasteiger partial charge in [0, 0.05) is 28.7 Å². The quantitative estimate of drug-likeness (QED) is 0.781. The zero-order valence-corrected chi connectivity index (χ0v) is 12.6. The molecule has 102 valence electrons. The summed E-state index contributed by atoms with van der Waals surface area (Å²) < 4.78 is 22.0. The van der Waals surface area contributed by atoms with Crippen LogP contribution in [0, 0.1) is 6.92 Å². The van der Waals surface area contributed by atoms with Crippen LogP contribution < -0.4 is 5.73 Å². The topological polar surface area (TPSA) is 60.2 Å². The summed E-state index contributed by atoms with van der Waals surface area (Å²) in [6.45, 7) is 2.06. The normalized spacial score (nSPS) is 13.5. The average molecular weight is 287 g/mol. The van der Waals surface area contributed by atoms with Crippen molar-refractivity contribution < 1.29 is 8.42 Å². The minimum absolute atomic E-state index is 0.0538. The van der Waals surface area contributed by atoms with Gasteiger partial charge in [0.05, 0.1) is 0 Å². The van der Waals surface area contributed by atoms with Crippen LogP contribution in [0.15, 0.2) is 29.2 Å². The first-order chi connectivity index (χ1) is 8.37. The number of sulfone groups is 1. The number of benzene rings is 1. The smallest absolute Gasteiger partial charge is 0.147 e. The monoisotopic (exact) mass is 287 g/mol. The molecule has 0 fully saturated rings. The molecule has 0 spiro atoms. The molecule has 1 aromatic carbocycles. The van der Waals surface area contributed by atoms with Crippen LogP contribution in [0.2, 0.25) is 0 Å². The Hall–Kier alpha value is -0.520. The summed E-state index contributed by atoms with van der Waals surface area (Å²) in [6, 6.07) is 8.39. The highest BCUT2D eigenvalue weighted by Crippen LogP contribution is 2.19.